The number of hydrogen-bond donors (Lipinski definition) is 0. The third-order valence-electron chi connectivity index (χ3n) is 5.13. The quantitative estimate of drug-likeness (QED) is 0.310. The largest absolute Gasteiger partial charge is 0.497 e. The molecule has 1 fully saturated rings. The van der Waals surface area contributed by atoms with Crippen LogP contribution in [0.3, 0.4) is 0 Å². The van der Waals surface area contributed by atoms with Gasteiger partial charge in [0.25, 0.3) is 0 Å². The van der Waals surface area contributed by atoms with Gasteiger partial charge in [-0.3, -0.25) is 0 Å². The van der Waals surface area contributed by atoms with Crippen molar-refractivity contribution in [3.8, 4) is 5.75 Å². The maximum atomic E-state index is 6.03. The van der Waals surface area contributed by atoms with Crippen LogP contribution in [0, 0.1) is 5.92 Å². The van der Waals surface area contributed by atoms with Crippen molar-refractivity contribution in [1.29, 1.82) is 0 Å². The minimum Gasteiger partial charge on any atom is -0.497 e. The van der Waals surface area contributed by atoms with Crippen molar-refractivity contribution in [3.63, 3.8) is 0 Å². The lowest BCUT2D eigenvalue weighted by Crippen LogP contribution is -2.07. The minimum atomic E-state index is 0.315. The summed E-state index contributed by atoms with van der Waals surface area (Å²) in [5, 5.41) is 6.00. The zero-order valence-electron chi connectivity index (χ0n) is 16.0. The van der Waals surface area contributed by atoms with Crippen LogP contribution in [0.25, 0.3) is 0 Å². The molecule has 1 aliphatic rings. The molecule has 3 aromatic carbocycles. The zero-order chi connectivity index (χ0) is 20.2. The molecule has 3 nitrogen and oxygen atoms in total. The number of halogens is 2. The Kier molecular flexibility index (Phi) is 6.08. The van der Waals surface area contributed by atoms with E-state index in [4.69, 9.17) is 32.8 Å². The van der Waals surface area contributed by atoms with Crippen LogP contribution in [-0.4, -0.2) is 12.8 Å². The number of nitrogens with zero attached hydrogens (tertiary/aromatic N) is 1. The average molecular weight is 426 g/mol. The van der Waals surface area contributed by atoms with Gasteiger partial charge in [0.15, 0.2) is 0 Å². The third kappa shape index (κ3) is 4.92. The number of rotatable bonds is 7. The van der Waals surface area contributed by atoms with Gasteiger partial charge in [-0.2, -0.15) is 0 Å². The van der Waals surface area contributed by atoms with Gasteiger partial charge in [0.05, 0.1) is 12.8 Å². The molecule has 2 unspecified atom stereocenters. The lowest BCUT2D eigenvalue weighted by atomic mass is 10.0. The van der Waals surface area contributed by atoms with Crippen molar-refractivity contribution in [3.05, 3.63) is 99.5 Å². The van der Waals surface area contributed by atoms with E-state index in [2.05, 4.69) is 17.3 Å². The monoisotopic (exact) mass is 425 g/mol. The van der Waals surface area contributed by atoms with Crippen molar-refractivity contribution in [2.45, 2.75) is 18.9 Å². The van der Waals surface area contributed by atoms with Crippen LogP contribution in [0.5, 0.6) is 5.75 Å². The number of oxime groups is 1. The second-order valence-corrected chi connectivity index (χ2v) is 7.98. The Labute approximate surface area is 180 Å². The molecule has 0 radical (unpaired) electrons. The fourth-order valence-electron chi connectivity index (χ4n) is 3.43. The van der Waals surface area contributed by atoms with E-state index in [-0.39, 0.29) is 0 Å². The first-order valence-electron chi connectivity index (χ1n) is 9.48. The van der Waals surface area contributed by atoms with Gasteiger partial charge in [-0.25, -0.2) is 0 Å². The average Bonchev–Trinajstić information content (AvgIpc) is 3.54. The molecule has 4 rings (SSSR count). The summed E-state index contributed by atoms with van der Waals surface area (Å²) in [6.45, 7) is 0.398. The van der Waals surface area contributed by atoms with Crippen LogP contribution in [-0.2, 0) is 11.4 Å². The Bertz CT molecular complexity index is 983. The summed E-state index contributed by atoms with van der Waals surface area (Å²) in [7, 11) is 1.66. The lowest BCUT2D eigenvalue weighted by molar-refractivity contribution is 0.130. The van der Waals surface area contributed by atoms with E-state index in [1.54, 1.807) is 7.11 Å². The van der Waals surface area contributed by atoms with Gasteiger partial charge >= 0.3 is 0 Å². The van der Waals surface area contributed by atoms with Crippen LogP contribution in [0.1, 0.15) is 29.0 Å². The minimum absolute atomic E-state index is 0.315. The Morgan fingerprint density at radius 1 is 0.897 bits per heavy atom. The fraction of sp³-hybridized carbons (Fsp3) is 0.208. The van der Waals surface area contributed by atoms with E-state index in [9.17, 15) is 0 Å². The van der Waals surface area contributed by atoms with Crippen molar-refractivity contribution < 1.29 is 9.57 Å². The molecule has 0 heterocycles. The summed E-state index contributed by atoms with van der Waals surface area (Å²) in [6, 6.07) is 23.6. The van der Waals surface area contributed by atoms with Crippen LogP contribution in [0.4, 0.5) is 0 Å². The topological polar surface area (TPSA) is 30.8 Å². The molecule has 1 saturated carbocycles. The van der Waals surface area contributed by atoms with Gasteiger partial charge < -0.3 is 9.57 Å². The number of methoxy groups -OCH3 is 1. The summed E-state index contributed by atoms with van der Waals surface area (Å²) in [6.07, 6.45) is 1.04. The number of ether oxygens (including phenoxy) is 1. The first-order valence-corrected chi connectivity index (χ1v) is 10.2. The number of benzene rings is 3. The lowest BCUT2D eigenvalue weighted by Gasteiger charge is -2.09. The van der Waals surface area contributed by atoms with Crippen LogP contribution in [0.2, 0.25) is 10.0 Å². The zero-order valence-corrected chi connectivity index (χ0v) is 17.5. The van der Waals surface area contributed by atoms with E-state index in [1.807, 2.05) is 60.7 Å². The first-order chi connectivity index (χ1) is 14.1. The molecule has 0 bridgehead atoms. The molecule has 0 saturated heterocycles. The van der Waals surface area contributed by atoms with Crippen molar-refractivity contribution in [1.82, 2.24) is 0 Å². The van der Waals surface area contributed by atoms with Gasteiger partial charge in [0.2, 0.25) is 0 Å². The smallest absolute Gasteiger partial charge is 0.142 e. The maximum absolute atomic E-state index is 6.03. The van der Waals surface area contributed by atoms with Crippen LogP contribution >= 0.6 is 23.2 Å². The molecule has 0 N–H and O–H groups in total. The number of hydrogen-bond acceptors (Lipinski definition) is 3. The second kappa shape index (κ2) is 8.89. The molecule has 0 aliphatic heterocycles. The molecular formula is C24H21Cl2NO2. The predicted octanol–water partition coefficient (Wildman–Crippen LogP) is 6.73. The van der Waals surface area contributed by atoms with Crippen molar-refractivity contribution >= 4 is 28.9 Å². The van der Waals surface area contributed by atoms with Crippen molar-refractivity contribution in [2.24, 2.45) is 11.1 Å². The van der Waals surface area contributed by atoms with E-state index < -0.39 is 0 Å². The molecule has 0 amide bonds. The standard InChI is InChI=1S/C24H21Cl2NO2/c1-28-21-12-6-18(7-13-21)24(27-29-15-16-2-8-19(25)9-3-16)23-14-22(23)17-4-10-20(26)11-5-17/h2-13,22-23H,14-15H2,1H3. The van der Waals surface area contributed by atoms with Crippen molar-refractivity contribution in [2.75, 3.05) is 7.11 Å². The fourth-order valence-corrected chi connectivity index (χ4v) is 3.68. The molecule has 0 spiro atoms. The highest BCUT2D eigenvalue weighted by Gasteiger charge is 2.43. The van der Waals surface area contributed by atoms with Gasteiger partial charge in [-0.05, 0) is 77.6 Å². The highest BCUT2D eigenvalue weighted by Crippen LogP contribution is 2.49. The molecule has 29 heavy (non-hydrogen) atoms. The normalized spacial score (nSPS) is 18.4. The highest BCUT2D eigenvalue weighted by atomic mass is 35.5. The molecule has 148 valence electrons. The highest BCUT2D eigenvalue weighted by molar-refractivity contribution is 6.30. The first kappa shape index (κ1) is 19.8. The molecular weight excluding hydrogens is 405 g/mol. The van der Waals surface area contributed by atoms with Crippen LogP contribution in [0.15, 0.2) is 78.0 Å². The maximum Gasteiger partial charge on any atom is 0.142 e. The van der Waals surface area contributed by atoms with Gasteiger partial charge in [-0.1, -0.05) is 52.6 Å². The molecule has 2 atom stereocenters. The Morgan fingerprint density at radius 3 is 2.14 bits per heavy atom. The molecule has 5 heteroatoms. The summed E-state index contributed by atoms with van der Waals surface area (Å²) in [5.74, 6) is 1.56. The van der Waals surface area contributed by atoms with E-state index in [0.29, 0.717) is 23.5 Å². The predicted molar refractivity (Wildman–Crippen MR) is 118 cm³/mol. The summed E-state index contributed by atoms with van der Waals surface area (Å²) >= 11 is 12.0. The Morgan fingerprint density at radius 2 is 1.52 bits per heavy atom. The second-order valence-electron chi connectivity index (χ2n) is 7.11. The van der Waals surface area contributed by atoms with Gasteiger partial charge in [-0.15, -0.1) is 0 Å². The molecule has 1 aliphatic carbocycles. The van der Waals surface area contributed by atoms with Gasteiger partial charge in [0, 0.05) is 16.0 Å². The van der Waals surface area contributed by atoms with E-state index >= 15 is 0 Å². The third-order valence-corrected chi connectivity index (χ3v) is 5.64. The van der Waals surface area contributed by atoms with E-state index in [0.717, 1.165) is 34.0 Å². The Balaban J connectivity index is 1.53. The summed E-state index contributed by atoms with van der Waals surface area (Å²) in [4.78, 5) is 5.73. The summed E-state index contributed by atoms with van der Waals surface area (Å²) < 4.78 is 5.28. The summed E-state index contributed by atoms with van der Waals surface area (Å²) in [5.41, 5.74) is 4.31. The SMILES string of the molecule is COc1ccc(C(=NOCc2ccc(Cl)cc2)C2CC2c2ccc(Cl)cc2)cc1. The van der Waals surface area contributed by atoms with Gasteiger partial charge in [0.1, 0.15) is 12.4 Å². The van der Waals surface area contributed by atoms with E-state index in [1.165, 1.54) is 5.56 Å². The molecule has 3 aromatic rings. The molecule has 0 aromatic heterocycles. The Hall–Kier alpha value is -2.49. The van der Waals surface area contributed by atoms with Crippen LogP contribution < -0.4 is 4.74 Å².